The molecule has 24 heavy (non-hydrogen) atoms. The zero-order chi connectivity index (χ0) is 16.5. The van der Waals surface area contributed by atoms with Crippen LogP contribution in [0.2, 0.25) is 0 Å². The molecule has 1 amide bonds. The SMILES string of the molecule is CC(NC(=O)c1ccccc1Cn1cncn1)C1CC2CCC1C2. The summed E-state index contributed by atoms with van der Waals surface area (Å²) in [5.41, 5.74) is 1.71. The monoisotopic (exact) mass is 324 g/mol. The van der Waals surface area contributed by atoms with Crippen molar-refractivity contribution in [2.45, 2.75) is 45.2 Å². The third-order valence-electron chi connectivity index (χ3n) is 5.85. The Morgan fingerprint density at radius 2 is 2.21 bits per heavy atom. The minimum atomic E-state index is 0.0287. The van der Waals surface area contributed by atoms with E-state index in [4.69, 9.17) is 0 Å². The molecular formula is C19H24N4O. The molecule has 1 aromatic heterocycles. The Bertz CT molecular complexity index is 712. The Balaban J connectivity index is 1.46. The Labute approximate surface area is 142 Å². The Morgan fingerprint density at radius 3 is 2.92 bits per heavy atom. The highest BCUT2D eigenvalue weighted by molar-refractivity contribution is 5.95. The maximum Gasteiger partial charge on any atom is 0.251 e. The minimum Gasteiger partial charge on any atom is -0.349 e. The normalized spacial score (nSPS) is 26.5. The van der Waals surface area contributed by atoms with Gasteiger partial charge in [-0.15, -0.1) is 0 Å². The molecule has 0 radical (unpaired) electrons. The highest BCUT2D eigenvalue weighted by Crippen LogP contribution is 2.49. The molecule has 0 saturated heterocycles. The van der Waals surface area contributed by atoms with E-state index in [0.29, 0.717) is 12.5 Å². The summed E-state index contributed by atoms with van der Waals surface area (Å²) in [5.74, 6) is 2.39. The summed E-state index contributed by atoms with van der Waals surface area (Å²) in [5, 5.41) is 7.39. The fourth-order valence-corrected chi connectivity index (χ4v) is 4.67. The molecule has 2 bridgehead atoms. The van der Waals surface area contributed by atoms with Gasteiger partial charge in [-0.05, 0) is 55.6 Å². The summed E-state index contributed by atoms with van der Waals surface area (Å²) in [6, 6.07) is 8.00. The highest BCUT2D eigenvalue weighted by atomic mass is 16.1. The van der Waals surface area contributed by atoms with E-state index in [0.717, 1.165) is 23.0 Å². The second-order valence-electron chi connectivity index (χ2n) is 7.35. The van der Waals surface area contributed by atoms with Crippen molar-refractivity contribution in [1.82, 2.24) is 20.1 Å². The number of rotatable bonds is 5. The summed E-state index contributed by atoms with van der Waals surface area (Å²) >= 11 is 0. The zero-order valence-electron chi connectivity index (χ0n) is 14.1. The third-order valence-corrected chi connectivity index (χ3v) is 5.85. The molecule has 2 aliphatic carbocycles. The first-order chi connectivity index (χ1) is 11.7. The van der Waals surface area contributed by atoms with Gasteiger partial charge in [0.1, 0.15) is 12.7 Å². The smallest absolute Gasteiger partial charge is 0.251 e. The van der Waals surface area contributed by atoms with Crippen LogP contribution in [0.3, 0.4) is 0 Å². The van der Waals surface area contributed by atoms with Gasteiger partial charge in [0.05, 0.1) is 6.54 Å². The first-order valence-corrected chi connectivity index (χ1v) is 8.92. The van der Waals surface area contributed by atoms with Gasteiger partial charge in [-0.1, -0.05) is 24.6 Å². The van der Waals surface area contributed by atoms with Crippen LogP contribution in [-0.2, 0) is 6.54 Å². The molecule has 0 spiro atoms. The molecule has 126 valence electrons. The summed E-state index contributed by atoms with van der Waals surface area (Å²) in [6.07, 6.45) is 8.58. The van der Waals surface area contributed by atoms with Crippen LogP contribution < -0.4 is 5.32 Å². The van der Waals surface area contributed by atoms with E-state index >= 15 is 0 Å². The molecular weight excluding hydrogens is 300 g/mol. The number of amides is 1. The topological polar surface area (TPSA) is 59.8 Å². The van der Waals surface area contributed by atoms with Crippen molar-refractivity contribution in [3.8, 4) is 0 Å². The van der Waals surface area contributed by atoms with Gasteiger partial charge < -0.3 is 5.32 Å². The Morgan fingerprint density at radius 1 is 1.33 bits per heavy atom. The van der Waals surface area contributed by atoms with Crippen molar-refractivity contribution in [3.63, 3.8) is 0 Å². The number of hydrogen-bond acceptors (Lipinski definition) is 3. The van der Waals surface area contributed by atoms with E-state index in [1.165, 1.54) is 32.0 Å². The molecule has 1 N–H and O–H groups in total. The van der Waals surface area contributed by atoms with Gasteiger partial charge in [0, 0.05) is 11.6 Å². The summed E-state index contributed by atoms with van der Waals surface area (Å²) < 4.78 is 1.74. The Kier molecular flexibility index (Phi) is 4.08. The average Bonchev–Trinajstić information content (AvgIpc) is 3.33. The molecule has 5 heteroatoms. The first kappa shape index (κ1) is 15.4. The summed E-state index contributed by atoms with van der Waals surface area (Å²) in [6.45, 7) is 2.73. The van der Waals surface area contributed by atoms with Gasteiger partial charge in [0.2, 0.25) is 0 Å². The fourth-order valence-electron chi connectivity index (χ4n) is 4.67. The van der Waals surface area contributed by atoms with E-state index in [-0.39, 0.29) is 11.9 Å². The molecule has 2 saturated carbocycles. The molecule has 2 aliphatic rings. The number of hydrogen-bond donors (Lipinski definition) is 1. The van der Waals surface area contributed by atoms with Crippen LogP contribution in [0.4, 0.5) is 0 Å². The second kappa shape index (κ2) is 6.38. The molecule has 1 heterocycles. The van der Waals surface area contributed by atoms with Gasteiger partial charge in [-0.2, -0.15) is 5.10 Å². The minimum absolute atomic E-state index is 0.0287. The van der Waals surface area contributed by atoms with Crippen molar-refractivity contribution < 1.29 is 4.79 Å². The molecule has 2 fully saturated rings. The number of carbonyl (C=O) groups is 1. The number of fused-ring (bicyclic) bond motifs is 2. The van der Waals surface area contributed by atoms with Crippen molar-refractivity contribution in [2.24, 2.45) is 17.8 Å². The lowest BCUT2D eigenvalue weighted by molar-refractivity contribution is 0.0914. The van der Waals surface area contributed by atoms with Crippen LogP contribution >= 0.6 is 0 Å². The lowest BCUT2D eigenvalue weighted by atomic mass is 9.84. The van der Waals surface area contributed by atoms with Crippen molar-refractivity contribution in [2.75, 3.05) is 0 Å². The number of benzene rings is 1. The maximum atomic E-state index is 12.8. The largest absolute Gasteiger partial charge is 0.349 e. The molecule has 0 aliphatic heterocycles. The molecule has 4 unspecified atom stereocenters. The predicted octanol–water partition coefficient (Wildman–Crippen LogP) is 2.88. The van der Waals surface area contributed by atoms with Gasteiger partial charge in [0.25, 0.3) is 5.91 Å². The maximum absolute atomic E-state index is 12.8. The van der Waals surface area contributed by atoms with Crippen molar-refractivity contribution in [1.29, 1.82) is 0 Å². The van der Waals surface area contributed by atoms with E-state index in [1.54, 1.807) is 11.0 Å². The van der Waals surface area contributed by atoms with Crippen LogP contribution in [0, 0.1) is 17.8 Å². The van der Waals surface area contributed by atoms with Crippen LogP contribution in [0.1, 0.15) is 48.5 Å². The highest BCUT2D eigenvalue weighted by Gasteiger charge is 2.42. The van der Waals surface area contributed by atoms with Crippen LogP contribution in [0.15, 0.2) is 36.9 Å². The van der Waals surface area contributed by atoms with Crippen LogP contribution in [0.25, 0.3) is 0 Å². The number of aromatic nitrogens is 3. The fraction of sp³-hybridized carbons (Fsp3) is 0.526. The van der Waals surface area contributed by atoms with Crippen LogP contribution in [-0.4, -0.2) is 26.7 Å². The standard InChI is InChI=1S/C19H24N4O/c1-13(18-9-14-6-7-15(18)8-14)22-19(24)17-5-3-2-4-16(17)10-23-12-20-11-21-23/h2-5,11-15,18H,6-10H2,1H3,(H,22,24). The summed E-state index contributed by atoms with van der Waals surface area (Å²) in [4.78, 5) is 16.8. The molecule has 4 rings (SSSR count). The number of carbonyl (C=O) groups excluding carboxylic acids is 1. The van der Waals surface area contributed by atoms with Crippen LogP contribution in [0.5, 0.6) is 0 Å². The third kappa shape index (κ3) is 2.95. The van der Waals surface area contributed by atoms with Gasteiger partial charge in [-0.3, -0.25) is 4.79 Å². The quantitative estimate of drug-likeness (QED) is 0.920. The second-order valence-corrected chi connectivity index (χ2v) is 7.35. The van der Waals surface area contributed by atoms with Gasteiger partial charge in [-0.25, -0.2) is 9.67 Å². The number of nitrogens with one attached hydrogen (secondary N) is 1. The predicted molar refractivity (Wildman–Crippen MR) is 91.4 cm³/mol. The average molecular weight is 324 g/mol. The van der Waals surface area contributed by atoms with E-state index in [9.17, 15) is 4.79 Å². The molecule has 4 atom stereocenters. The molecule has 1 aromatic carbocycles. The Hall–Kier alpha value is -2.17. The van der Waals surface area contributed by atoms with E-state index in [1.807, 2.05) is 24.3 Å². The molecule has 5 nitrogen and oxygen atoms in total. The van der Waals surface area contributed by atoms with Gasteiger partial charge >= 0.3 is 0 Å². The summed E-state index contributed by atoms with van der Waals surface area (Å²) in [7, 11) is 0. The first-order valence-electron chi connectivity index (χ1n) is 8.92. The lowest BCUT2D eigenvalue weighted by Gasteiger charge is -2.28. The number of nitrogens with zero attached hydrogens (tertiary/aromatic N) is 3. The van der Waals surface area contributed by atoms with Crippen molar-refractivity contribution in [3.05, 3.63) is 48.0 Å². The van der Waals surface area contributed by atoms with E-state index in [2.05, 4.69) is 22.3 Å². The lowest BCUT2D eigenvalue weighted by Crippen LogP contribution is -2.40. The van der Waals surface area contributed by atoms with E-state index < -0.39 is 0 Å². The van der Waals surface area contributed by atoms with Gasteiger partial charge in [0.15, 0.2) is 0 Å². The van der Waals surface area contributed by atoms with Crippen molar-refractivity contribution >= 4 is 5.91 Å². The molecule has 2 aromatic rings. The zero-order valence-corrected chi connectivity index (χ0v) is 14.1.